The molecule has 2 aromatic heterocycles. The SMILES string of the molecule is CC1(C)c2ccccc2-c2ccc(-c3nc(-c4ccccc4)nc(-n4c5cc6ccccc6cc5c5c6ccccc6c6ccccc6c54)n3)cc21. The average molecular weight is 665 g/mol. The van der Waals surface area contributed by atoms with Gasteiger partial charge in [-0.2, -0.15) is 9.97 Å². The Bertz CT molecular complexity index is 3100. The van der Waals surface area contributed by atoms with Gasteiger partial charge in [-0.1, -0.05) is 153 Å². The van der Waals surface area contributed by atoms with Crippen LogP contribution in [0.1, 0.15) is 25.0 Å². The van der Waals surface area contributed by atoms with Gasteiger partial charge >= 0.3 is 0 Å². The summed E-state index contributed by atoms with van der Waals surface area (Å²) >= 11 is 0. The summed E-state index contributed by atoms with van der Waals surface area (Å²) < 4.78 is 2.29. The number of hydrogen-bond donors (Lipinski definition) is 0. The molecule has 0 saturated heterocycles. The van der Waals surface area contributed by atoms with E-state index in [1.807, 2.05) is 18.2 Å². The van der Waals surface area contributed by atoms with Crippen molar-refractivity contribution in [1.82, 2.24) is 19.5 Å². The first kappa shape index (κ1) is 29.1. The van der Waals surface area contributed by atoms with Crippen molar-refractivity contribution < 1.29 is 0 Å². The van der Waals surface area contributed by atoms with Crippen molar-refractivity contribution in [3.05, 3.63) is 169 Å². The molecule has 0 N–H and O–H groups in total. The fraction of sp³-hybridized carbons (Fsp3) is 0.0625. The minimum Gasteiger partial charge on any atom is -0.277 e. The van der Waals surface area contributed by atoms with Gasteiger partial charge in [0.25, 0.3) is 0 Å². The van der Waals surface area contributed by atoms with E-state index in [2.05, 4.69) is 158 Å². The summed E-state index contributed by atoms with van der Waals surface area (Å²) in [5.41, 5.74) is 9.15. The zero-order chi connectivity index (χ0) is 34.6. The highest BCUT2D eigenvalue weighted by molar-refractivity contribution is 6.32. The van der Waals surface area contributed by atoms with E-state index in [-0.39, 0.29) is 5.41 Å². The Morgan fingerprint density at radius 2 is 1.04 bits per heavy atom. The van der Waals surface area contributed by atoms with Crippen molar-refractivity contribution in [3.63, 3.8) is 0 Å². The summed E-state index contributed by atoms with van der Waals surface area (Å²) in [5.74, 6) is 1.89. The third-order valence-corrected chi connectivity index (χ3v) is 11.2. The maximum Gasteiger partial charge on any atom is 0.238 e. The molecule has 1 aliphatic rings. The molecule has 0 amide bonds. The molecule has 4 heteroatoms. The first-order valence-electron chi connectivity index (χ1n) is 17.9. The van der Waals surface area contributed by atoms with Crippen molar-refractivity contribution >= 4 is 54.1 Å². The van der Waals surface area contributed by atoms with E-state index in [4.69, 9.17) is 15.0 Å². The van der Waals surface area contributed by atoms with Crippen LogP contribution in [0.4, 0.5) is 0 Å². The molecule has 0 radical (unpaired) electrons. The van der Waals surface area contributed by atoms with Gasteiger partial charge in [-0.3, -0.25) is 4.57 Å². The molecule has 0 bridgehead atoms. The normalized spacial score (nSPS) is 13.3. The lowest BCUT2D eigenvalue weighted by atomic mass is 9.82. The molecule has 10 aromatic rings. The minimum absolute atomic E-state index is 0.145. The predicted molar refractivity (Wildman–Crippen MR) is 215 cm³/mol. The Morgan fingerprint density at radius 1 is 0.442 bits per heavy atom. The molecular weight excluding hydrogens is 633 g/mol. The highest BCUT2D eigenvalue weighted by Gasteiger charge is 2.35. The summed E-state index contributed by atoms with van der Waals surface area (Å²) in [5, 5.41) is 9.58. The molecule has 11 rings (SSSR count). The molecule has 0 fully saturated rings. The van der Waals surface area contributed by atoms with Gasteiger partial charge in [-0.25, -0.2) is 4.98 Å². The van der Waals surface area contributed by atoms with E-state index in [0.29, 0.717) is 17.6 Å². The molecule has 2 heterocycles. The largest absolute Gasteiger partial charge is 0.277 e. The third kappa shape index (κ3) is 4.06. The lowest BCUT2D eigenvalue weighted by Gasteiger charge is -2.21. The highest BCUT2D eigenvalue weighted by Crippen LogP contribution is 2.49. The second-order valence-electron chi connectivity index (χ2n) is 14.4. The topological polar surface area (TPSA) is 43.6 Å². The number of benzene rings is 8. The molecule has 0 unspecified atom stereocenters. The highest BCUT2D eigenvalue weighted by atomic mass is 15.2. The first-order chi connectivity index (χ1) is 25.5. The van der Waals surface area contributed by atoms with E-state index in [1.165, 1.54) is 60.0 Å². The molecule has 1 aliphatic carbocycles. The van der Waals surface area contributed by atoms with Gasteiger partial charge in [0, 0.05) is 32.7 Å². The Hall–Kier alpha value is -6.65. The molecule has 0 spiro atoms. The van der Waals surface area contributed by atoms with Gasteiger partial charge in [0.15, 0.2) is 11.6 Å². The van der Waals surface area contributed by atoms with Gasteiger partial charge in [-0.15, -0.1) is 0 Å². The van der Waals surface area contributed by atoms with E-state index in [9.17, 15) is 0 Å². The van der Waals surface area contributed by atoms with Gasteiger partial charge in [-0.05, 0) is 67.4 Å². The van der Waals surface area contributed by atoms with Crippen LogP contribution in [0.5, 0.6) is 0 Å². The summed E-state index contributed by atoms with van der Waals surface area (Å²) in [6.07, 6.45) is 0. The van der Waals surface area contributed by atoms with Crippen LogP contribution in [-0.2, 0) is 5.41 Å². The number of nitrogens with zero attached hydrogens (tertiary/aromatic N) is 4. The van der Waals surface area contributed by atoms with Crippen LogP contribution in [0.25, 0.3) is 94.0 Å². The first-order valence-corrected chi connectivity index (χ1v) is 17.9. The molecule has 0 saturated carbocycles. The average Bonchev–Trinajstić information content (AvgIpc) is 3.65. The van der Waals surface area contributed by atoms with Crippen LogP contribution in [0.15, 0.2) is 158 Å². The van der Waals surface area contributed by atoms with Crippen molar-refractivity contribution in [1.29, 1.82) is 0 Å². The summed E-state index contributed by atoms with van der Waals surface area (Å²) in [6, 6.07) is 56.5. The molecular formula is C48H32N4. The maximum atomic E-state index is 5.40. The lowest BCUT2D eigenvalue weighted by molar-refractivity contribution is 0.660. The van der Waals surface area contributed by atoms with E-state index in [0.717, 1.165) is 27.5 Å². The standard InChI is InChI=1S/C48H32N4/c1-48(2)40-23-13-12-20-35(40)36-25-24-32(27-41(36)48)46-49-45(29-14-4-3-5-15-29)50-47(51-46)52-42-28-31-17-7-6-16-30(31)26-39(42)43-37-21-10-8-18-33(37)34-19-9-11-22-38(34)44(43)52/h3-28H,1-2H3. The number of aromatic nitrogens is 4. The molecule has 0 atom stereocenters. The van der Waals surface area contributed by atoms with Crippen molar-refractivity contribution in [2.45, 2.75) is 19.3 Å². The minimum atomic E-state index is -0.145. The number of rotatable bonds is 3. The Morgan fingerprint density at radius 3 is 1.83 bits per heavy atom. The number of hydrogen-bond acceptors (Lipinski definition) is 3. The Labute approximate surface area is 300 Å². The monoisotopic (exact) mass is 664 g/mol. The summed E-state index contributed by atoms with van der Waals surface area (Å²) in [4.78, 5) is 15.9. The summed E-state index contributed by atoms with van der Waals surface area (Å²) in [6.45, 7) is 4.63. The zero-order valence-corrected chi connectivity index (χ0v) is 28.8. The van der Waals surface area contributed by atoms with E-state index in [1.54, 1.807) is 0 Å². The second-order valence-corrected chi connectivity index (χ2v) is 14.4. The van der Waals surface area contributed by atoms with Crippen LogP contribution in [0.3, 0.4) is 0 Å². The Kier molecular flexibility index (Phi) is 5.98. The third-order valence-electron chi connectivity index (χ3n) is 11.2. The van der Waals surface area contributed by atoms with Crippen LogP contribution in [0.2, 0.25) is 0 Å². The summed E-state index contributed by atoms with van der Waals surface area (Å²) in [7, 11) is 0. The smallest absolute Gasteiger partial charge is 0.238 e. The molecule has 244 valence electrons. The van der Waals surface area contributed by atoms with Crippen LogP contribution < -0.4 is 0 Å². The quantitative estimate of drug-likeness (QED) is 0.177. The van der Waals surface area contributed by atoms with Crippen molar-refractivity contribution in [2.75, 3.05) is 0 Å². The van der Waals surface area contributed by atoms with Gasteiger partial charge in [0.05, 0.1) is 11.0 Å². The number of fused-ring (bicyclic) bond motifs is 12. The van der Waals surface area contributed by atoms with Crippen LogP contribution >= 0.6 is 0 Å². The van der Waals surface area contributed by atoms with Gasteiger partial charge in [0.1, 0.15) is 0 Å². The van der Waals surface area contributed by atoms with Crippen molar-refractivity contribution in [2.24, 2.45) is 0 Å². The van der Waals surface area contributed by atoms with Gasteiger partial charge < -0.3 is 0 Å². The molecule has 8 aromatic carbocycles. The fourth-order valence-electron chi connectivity index (χ4n) is 8.72. The second kappa shape index (κ2) is 10.7. The van der Waals surface area contributed by atoms with E-state index < -0.39 is 0 Å². The molecule has 4 nitrogen and oxygen atoms in total. The fourth-order valence-corrected chi connectivity index (χ4v) is 8.72. The van der Waals surface area contributed by atoms with Gasteiger partial charge in [0.2, 0.25) is 5.95 Å². The van der Waals surface area contributed by atoms with Crippen LogP contribution in [0, 0.1) is 0 Å². The molecule has 52 heavy (non-hydrogen) atoms. The van der Waals surface area contributed by atoms with Crippen molar-refractivity contribution in [3.8, 4) is 39.9 Å². The van der Waals surface area contributed by atoms with E-state index >= 15 is 0 Å². The zero-order valence-electron chi connectivity index (χ0n) is 28.8. The van der Waals surface area contributed by atoms with Crippen LogP contribution in [-0.4, -0.2) is 19.5 Å². The molecule has 0 aliphatic heterocycles. The predicted octanol–water partition coefficient (Wildman–Crippen LogP) is 12.1. The maximum absolute atomic E-state index is 5.40. The lowest BCUT2D eigenvalue weighted by Crippen LogP contribution is -2.15. The Balaban J connectivity index is 1.27.